The third kappa shape index (κ3) is 2.43. The molecule has 0 spiro atoms. The maximum atomic E-state index is 11.4. The minimum atomic E-state index is -0.0561. The van der Waals surface area contributed by atoms with E-state index in [1.165, 1.54) is 18.6 Å². The number of ether oxygens (including phenoxy) is 1. The molecule has 0 radical (unpaired) electrons. The largest absolute Gasteiger partial charge is 0.381 e. The van der Waals surface area contributed by atoms with Crippen LogP contribution in [0.25, 0.3) is 0 Å². The van der Waals surface area contributed by atoms with Crippen molar-refractivity contribution in [2.24, 2.45) is 11.7 Å². The summed E-state index contributed by atoms with van der Waals surface area (Å²) < 4.78 is 6.81. The highest BCUT2D eigenvalue weighted by Gasteiger charge is 2.23. The van der Waals surface area contributed by atoms with E-state index in [0.717, 1.165) is 13.0 Å². The second-order valence-electron chi connectivity index (χ2n) is 3.86. The summed E-state index contributed by atoms with van der Waals surface area (Å²) in [5, 5.41) is 0. The monoisotopic (exact) mass is 209 g/mol. The van der Waals surface area contributed by atoms with Gasteiger partial charge in [-0.15, -0.1) is 0 Å². The molecule has 0 saturated carbocycles. The van der Waals surface area contributed by atoms with Crippen molar-refractivity contribution in [3.05, 3.63) is 28.9 Å². The van der Waals surface area contributed by atoms with E-state index in [-0.39, 0.29) is 11.6 Å². The average Bonchev–Trinajstić information content (AvgIpc) is 2.74. The summed E-state index contributed by atoms with van der Waals surface area (Å²) in [6, 6.07) is 1.41. The molecule has 0 aliphatic carbocycles. The summed E-state index contributed by atoms with van der Waals surface area (Å²) >= 11 is 0. The third-order valence-electron chi connectivity index (χ3n) is 2.77. The van der Waals surface area contributed by atoms with Gasteiger partial charge < -0.3 is 10.5 Å². The molecule has 2 rings (SSSR count). The predicted molar refractivity (Wildman–Crippen MR) is 55.4 cm³/mol. The normalized spacial score (nSPS) is 22.9. The Morgan fingerprint density at radius 1 is 1.73 bits per heavy atom. The molecule has 2 heterocycles. The molecule has 2 N–H and O–H groups in total. The van der Waals surface area contributed by atoms with Gasteiger partial charge in [0.2, 0.25) is 0 Å². The maximum absolute atomic E-state index is 11.4. The molecule has 15 heavy (non-hydrogen) atoms. The minimum Gasteiger partial charge on any atom is -0.381 e. The molecule has 5 nitrogen and oxygen atoms in total. The lowest BCUT2D eigenvalue weighted by molar-refractivity contribution is 0.178. The van der Waals surface area contributed by atoms with Gasteiger partial charge >= 0.3 is 0 Å². The standard InChI is InChI=1S/C10H15N3O2/c11-9(8-2-4-15-6-8)5-13-7-12-3-1-10(13)14/h1,3,7-9H,2,4-6,11H2. The van der Waals surface area contributed by atoms with Crippen LogP contribution in [0, 0.1) is 5.92 Å². The number of aromatic nitrogens is 2. The van der Waals surface area contributed by atoms with Crippen molar-refractivity contribution in [3.63, 3.8) is 0 Å². The number of hydrogen-bond donors (Lipinski definition) is 1. The maximum Gasteiger partial charge on any atom is 0.253 e. The van der Waals surface area contributed by atoms with Gasteiger partial charge in [-0.3, -0.25) is 9.36 Å². The first-order chi connectivity index (χ1) is 7.27. The highest BCUT2D eigenvalue weighted by molar-refractivity contribution is 4.85. The molecule has 0 bridgehead atoms. The number of nitrogens with two attached hydrogens (primary N) is 1. The van der Waals surface area contributed by atoms with E-state index in [1.54, 1.807) is 4.57 Å². The summed E-state index contributed by atoms with van der Waals surface area (Å²) in [5.74, 6) is 0.358. The molecule has 1 aliphatic heterocycles. The summed E-state index contributed by atoms with van der Waals surface area (Å²) in [7, 11) is 0. The minimum absolute atomic E-state index is 0.0330. The molecule has 82 valence electrons. The lowest BCUT2D eigenvalue weighted by atomic mass is 10.00. The molecule has 1 aliphatic rings. The SMILES string of the molecule is NC(Cn1cnccc1=O)C1CCOC1. The van der Waals surface area contributed by atoms with Crippen LogP contribution in [-0.2, 0) is 11.3 Å². The molecule has 2 atom stereocenters. The zero-order chi connectivity index (χ0) is 10.7. The Balaban J connectivity index is 2.02. The van der Waals surface area contributed by atoms with E-state index in [9.17, 15) is 4.79 Å². The Kier molecular flexibility index (Phi) is 3.13. The van der Waals surface area contributed by atoms with E-state index >= 15 is 0 Å². The molecular formula is C10H15N3O2. The first kappa shape index (κ1) is 10.3. The van der Waals surface area contributed by atoms with Crippen molar-refractivity contribution in [1.82, 2.24) is 9.55 Å². The van der Waals surface area contributed by atoms with Gasteiger partial charge in [0.1, 0.15) is 0 Å². The first-order valence-corrected chi connectivity index (χ1v) is 5.11. The van der Waals surface area contributed by atoms with Gasteiger partial charge in [0.25, 0.3) is 5.56 Å². The number of rotatable bonds is 3. The van der Waals surface area contributed by atoms with Crippen LogP contribution in [0.2, 0.25) is 0 Å². The van der Waals surface area contributed by atoms with Crippen molar-refractivity contribution in [2.75, 3.05) is 13.2 Å². The average molecular weight is 209 g/mol. The van der Waals surface area contributed by atoms with Gasteiger partial charge in [-0.1, -0.05) is 0 Å². The van der Waals surface area contributed by atoms with Crippen molar-refractivity contribution in [2.45, 2.75) is 19.0 Å². The lowest BCUT2D eigenvalue weighted by Gasteiger charge is -2.18. The Bertz CT molecular complexity index is 371. The second-order valence-corrected chi connectivity index (χ2v) is 3.86. The smallest absolute Gasteiger partial charge is 0.253 e. The van der Waals surface area contributed by atoms with Gasteiger partial charge in [0.05, 0.1) is 12.9 Å². The fourth-order valence-electron chi connectivity index (χ4n) is 1.78. The van der Waals surface area contributed by atoms with Crippen molar-refractivity contribution < 1.29 is 4.74 Å². The predicted octanol–water partition coefficient (Wildman–Crippen LogP) is -0.393. The summed E-state index contributed by atoms with van der Waals surface area (Å²) in [4.78, 5) is 15.3. The van der Waals surface area contributed by atoms with E-state index in [2.05, 4.69) is 4.98 Å². The topological polar surface area (TPSA) is 70.1 Å². The molecule has 1 aromatic rings. The Labute approximate surface area is 87.9 Å². The zero-order valence-corrected chi connectivity index (χ0v) is 8.50. The fourth-order valence-corrected chi connectivity index (χ4v) is 1.78. The molecule has 0 amide bonds. The van der Waals surface area contributed by atoms with Crippen LogP contribution < -0.4 is 11.3 Å². The third-order valence-corrected chi connectivity index (χ3v) is 2.77. The Morgan fingerprint density at radius 3 is 3.27 bits per heavy atom. The fraction of sp³-hybridized carbons (Fsp3) is 0.600. The summed E-state index contributed by atoms with van der Waals surface area (Å²) in [6.45, 7) is 2.00. The van der Waals surface area contributed by atoms with Crippen LogP contribution in [0.15, 0.2) is 23.4 Å². The van der Waals surface area contributed by atoms with Crippen LogP contribution in [-0.4, -0.2) is 28.8 Å². The molecule has 5 heteroatoms. The molecule has 1 fully saturated rings. The van der Waals surface area contributed by atoms with Crippen molar-refractivity contribution >= 4 is 0 Å². The highest BCUT2D eigenvalue weighted by Crippen LogP contribution is 2.15. The molecule has 1 aromatic heterocycles. The highest BCUT2D eigenvalue weighted by atomic mass is 16.5. The lowest BCUT2D eigenvalue weighted by Crippen LogP contribution is -2.37. The van der Waals surface area contributed by atoms with E-state index in [0.29, 0.717) is 19.1 Å². The van der Waals surface area contributed by atoms with Crippen LogP contribution in [0.5, 0.6) is 0 Å². The molecule has 1 saturated heterocycles. The summed E-state index contributed by atoms with van der Waals surface area (Å²) in [5.41, 5.74) is 5.96. The Hall–Kier alpha value is -1.20. The number of nitrogens with zero attached hydrogens (tertiary/aromatic N) is 2. The van der Waals surface area contributed by atoms with Gasteiger partial charge in [-0.05, 0) is 6.42 Å². The van der Waals surface area contributed by atoms with Crippen LogP contribution in [0.1, 0.15) is 6.42 Å². The quantitative estimate of drug-likeness (QED) is 0.736. The van der Waals surface area contributed by atoms with E-state index in [4.69, 9.17) is 10.5 Å². The Morgan fingerprint density at radius 2 is 2.60 bits per heavy atom. The van der Waals surface area contributed by atoms with Crippen LogP contribution in [0.4, 0.5) is 0 Å². The second kappa shape index (κ2) is 4.55. The molecule has 0 aromatic carbocycles. The summed E-state index contributed by atoms with van der Waals surface area (Å²) in [6.07, 6.45) is 4.00. The van der Waals surface area contributed by atoms with E-state index in [1.807, 2.05) is 0 Å². The van der Waals surface area contributed by atoms with Gasteiger partial charge in [-0.25, -0.2) is 4.98 Å². The van der Waals surface area contributed by atoms with Crippen molar-refractivity contribution in [1.29, 1.82) is 0 Å². The number of hydrogen-bond acceptors (Lipinski definition) is 4. The zero-order valence-electron chi connectivity index (χ0n) is 8.50. The van der Waals surface area contributed by atoms with Crippen LogP contribution >= 0.6 is 0 Å². The van der Waals surface area contributed by atoms with Gasteiger partial charge in [-0.2, -0.15) is 0 Å². The molecular weight excluding hydrogens is 194 g/mol. The van der Waals surface area contributed by atoms with Crippen LogP contribution in [0.3, 0.4) is 0 Å². The van der Waals surface area contributed by atoms with Crippen molar-refractivity contribution in [3.8, 4) is 0 Å². The first-order valence-electron chi connectivity index (χ1n) is 5.11. The molecule has 2 unspecified atom stereocenters. The van der Waals surface area contributed by atoms with E-state index < -0.39 is 0 Å². The van der Waals surface area contributed by atoms with Gasteiger partial charge in [0, 0.05) is 37.4 Å². The van der Waals surface area contributed by atoms with Gasteiger partial charge in [0.15, 0.2) is 0 Å².